The minimum Gasteiger partial charge on any atom is -0.282 e. The largest absolute Gasteiger partial charge is 0.341 e. The molecule has 0 radical (unpaired) electrons. The van der Waals surface area contributed by atoms with Crippen LogP contribution in [0.2, 0.25) is 0 Å². The van der Waals surface area contributed by atoms with E-state index in [1.165, 1.54) is 29.7 Å². The Kier molecular flexibility index (Phi) is 4.65. The lowest BCUT2D eigenvalue weighted by Crippen LogP contribution is -2.24. The number of anilines is 1. The number of aromatic nitrogens is 1. The molecule has 1 heterocycles. The summed E-state index contributed by atoms with van der Waals surface area (Å²) in [6.07, 6.45) is 1.40. The molecule has 9 heteroatoms. The monoisotopic (exact) mass is 391 g/mol. The summed E-state index contributed by atoms with van der Waals surface area (Å²) in [7, 11) is 0. The van der Waals surface area contributed by atoms with Crippen LogP contribution in [0.15, 0.2) is 65.8 Å². The average Bonchev–Trinajstić information content (AvgIpc) is 3.11. The molecule has 4 rings (SSSR count). The molecule has 0 bridgehead atoms. The third kappa shape index (κ3) is 3.64. The number of carbonyl (C=O) groups is 1. The number of amides is 2. The molecule has 1 aromatic heterocycles. The van der Waals surface area contributed by atoms with E-state index in [4.69, 9.17) is 0 Å². The fourth-order valence-corrected chi connectivity index (χ4v) is 3.56. The van der Waals surface area contributed by atoms with Gasteiger partial charge in [-0.25, -0.2) is 15.2 Å². The van der Waals surface area contributed by atoms with E-state index in [-0.39, 0.29) is 5.69 Å². The molecule has 0 fully saturated rings. The Morgan fingerprint density at radius 2 is 1.89 bits per heavy atom. The third-order valence-electron chi connectivity index (χ3n) is 3.99. The molecule has 3 aromatic carbocycles. The summed E-state index contributed by atoms with van der Waals surface area (Å²) in [5.41, 5.74) is 3.81. The molecule has 0 unspecified atom stereocenters. The molecule has 4 aromatic rings. The first kappa shape index (κ1) is 17.6. The maximum absolute atomic E-state index is 12.0. The molecule has 2 N–H and O–H groups in total. The first-order chi connectivity index (χ1) is 13.6. The topological polar surface area (TPSA) is 110 Å². The number of hydrogen-bond donors (Lipinski definition) is 2. The summed E-state index contributed by atoms with van der Waals surface area (Å²) < 4.78 is 0.975. The fourth-order valence-electron chi connectivity index (χ4n) is 2.69. The second kappa shape index (κ2) is 7.41. The lowest BCUT2D eigenvalue weighted by Gasteiger charge is -1.99. The van der Waals surface area contributed by atoms with Crippen molar-refractivity contribution in [2.45, 2.75) is 0 Å². The van der Waals surface area contributed by atoms with E-state index in [1.54, 1.807) is 12.1 Å². The highest BCUT2D eigenvalue weighted by Gasteiger charge is 2.09. The van der Waals surface area contributed by atoms with Gasteiger partial charge in [0.25, 0.3) is 5.69 Å². The predicted octanol–water partition coefficient (Wildman–Crippen LogP) is 4.51. The Labute approximate surface area is 162 Å². The van der Waals surface area contributed by atoms with Gasteiger partial charge in [-0.15, -0.1) is 0 Å². The van der Waals surface area contributed by atoms with Crippen molar-refractivity contribution in [1.29, 1.82) is 0 Å². The molecular weight excluding hydrogens is 378 g/mol. The first-order valence-corrected chi connectivity index (χ1v) is 9.04. The maximum Gasteiger partial charge on any atom is 0.341 e. The number of thiazole rings is 1. The number of carbonyl (C=O) groups excluding carboxylic acids is 1. The van der Waals surface area contributed by atoms with Crippen LogP contribution < -0.4 is 10.7 Å². The quantitative estimate of drug-likeness (QED) is 0.303. The normalized spacial score (nSPS) is 11.1. The lowest BCUT2D eigenvalue weighted by molar-refractivity contribution is -0.384. The van der Waals surface area contributed by atoms with Crippen LogP contribution >= 0.6 is 11.3 Å². The van der Waals surface area contributed by atoms with Gasteiger partial charge in [-0.1, -0.05) is 41.7 Å². The van der Waals surface area contributed by atoms with Crippen LogP contribution in [0, 0.1) is 10.1 Å². The molecule has 0 aliphatic carbocycles. The molecule has 2 amide bonds. The summed E-state index contributed by atoms with van der Waals surface area (Å²) in [5, 5.41) is 19.7. The smallest absolute Gasteiger partial charge is 0.282 e. The van der Waals surface area contributed by atoms with E-state index in [0.717, 1.165) is 21.0 Å². The second-order valence-corrected chi connectivity index (χ2v) is 6.86. The van der Waals surface area contributed by atoms with E-state index in [9.17, 15) is 14.9 Å². The summed E-state index contributed by atoms with van der Waals surface area (Å²) in [6.45, 7) is 0. The molecule has 0 spiro atoms. The van der Waals surface area contributed by atoms with Gasteiger partial charge in [0.15, 0.2) is 5.13 Å². The Balaban J connectivity index is 1.43. The summed E-state index contributed by atoms with van der Waals surface area (Å²) in [6, 6.07) is 17.2. The number of nitrogens with zero attached hydrogens (tertiary/aromatic N) is 3. The van der Waals surface area contributed by atoms with Gasteiger partial charge in [0.2, 0.25) is 0 Å². The van der Waals surface area contributed by atoms with Crippen LogP contribution in [0.1, 0.15) is 5.56 Å². The van der Waals surface area contributed by atoms with Crippen molar-refractivity contribution in [3.8, 4) is 0 Å². The van der Waals surface area contributed by atoms with Gasteiger partial charge >= 0.3 is 6.03 Å². The number of rotatable bonds is 4. The van der Waals surface area contributed by atoms with E-state index in [2.05, 4.69) is 20.8 Å². The first-order valence-electron chi connectivity index (χ1n) is 8.23. The Hall–Kier alpha value is -3.85. The van der Waals surface area contributed by atoms with Crippen molar-refractivity contribution in [2.75, 3.05) is 5.32 Å². The van der Waals surface area contributed by atoms with E-state index >= 15 is 0 Å². The van der Waals surface area contributed by atoms with Crippen LogP contribution in [0.25, 0.3) is 21.0 Å². The van der Waals surface area contributed by atoms with Crippen LogP contribution in [0.5, 0.6) is 0 Å². The van der Waals surface area contributed by atoms with Gasteiger partial charge in [0.05, 0.1) is 21.4 Å². The van der Waals surface area contributed by atoms with Crippen LogP contribution in [-0.2, 0) is 0 Å². The van der Waals surface area contributed by atoms with E-state index in [0.29, 0.717) is 10.7 Å². The number of hydrazone groups is 1. The van der Waals surface area contributed by atoms with Crippen LogP contribution in [0.4, 0.5) is 15.6 Å². The second-order valence-electron chi connectivity index (χ2n) is 5.83. The molecule has 28 heavy (non-hydrogen) atoms. The highest BCUT2D eigenvalue weighted by molar-refractivity contribution is 7.22. The Morgan fingerprint density at radius 3 is 2.68 bits per heavy atom. The van der Waals surface area contributed by atoms with Gasteiger partial charge in [0, 0.05) is 17.5 Å². The number of non-ortho nitro benzene ring substituents is 1. The average molecular weight is 391 g/mol. The Morgan fingerprint density at radius 1 is 1.11 bits per heavy atom. The molecule has 8 nitrogen and oxygen atoms in total. The minimum atomic E-state index is -0.526. The van der Waals surface area contributed by atoms with Crippen LogP contribution in [0.3, 0.4) is 0 Å². The van der Waals surface area contributed by atoms with Gasteiger partial charge in [0.1, 0.15) is 0 Å². The van der Waals surface area contributed by atoms with Crippen molar-refractivity contribution >= 4 is 55.4 Å². The molecule has 0 saturated heterocycles. The van der Waals surface area contributed by atoms with Gasteiger partial charge in [-0.2, -0.15) is 5.10 Å². The number of nitro groups is 1. The minimum absolute atomic E-state index is 0.00814. The molecule has 0 aliphatic rings. The summed E-state index contributed by atoms with van der Waals surface area (Å²) in [4.78, 5) is 26.7. The predicted molar refractivity (Wildman–Crippen MR) is 110 cm³/mol. The lowest BCUT2D eigenvalue weighted by atomic mass is 10.1. The number of urea groups is 1. The Bertz CT molecular complexity index is 1220. The molecular formula is C19H13N5O3S. The summed E-state index contributed by atoms with van der Waals surface area (Å²) >= 11 is 1.38. The van der Waals surface area contributed by atoms with Gasteiger partial charge in [-0.05, 0) is 29.1 Å². The van der Waals surface area contributed by atoms with Crippen molar-refractivity contribution in [3.63, 3.8) is 0 Å². The highest BCUT2D eigenvalue weighted by Crippen LogP contribution is 2.31. The SMILES string of the molecule is O=C(N/N=C/c1ccc([N+](=O)[O-])cc1)Nc1nc2c(ccc3ccccc32)s1. The standard InChI is InChI=1S/C19H13N5O3S/c25-18(23-20-11-12-5-8-14(9-6-12)24(26)27)22-19-21-17-15-4-2-1-3-13(15)7-10-16(17)28-19/h1-11H,(H2,21,22,23,25)/b20-11+. The molecule has 0 aliphatic heterocycles. The zero-order chi connectivity index (χ0) is 19.5. The molecule has 138 valence electrons. The van der Waals surface area contributed by atoms with Crippen molar-refractivity contribution in [1.82, 2.24) is 10.4 Å². The number of benzene rings is 3. The zero-order valence-corrected chi connectivity index (χ0v) is 15.1. The van der Waals surface area contributed by atoms with Gasteiger partial charge < -0.3 is 0 Å². The van der Waals surface area contributed by atoms with Gasteiger partial charge in [-0.3, -0.25) is 15.4 Å². The molecule has 0 saturated carbocycles. The number of fused-ring (bicyclic) bond motifs is 3. The zero-order valence-electron chi connectivity index (χ0n) is 14.3. The van der Waals surface area contributed by atoms with Crippen molar-refractivity contribution < 1.29 is 9.72 Å². The highest BCUT2D eigenvalue weighted by atomic mass is 32.1. The van der Waals surface area contributed by atoms with Crippen molar-refractivity contribution in [3.05, 3.63) is 76.3 Å². The van der Waals surface area contributed by atoms with E-state index in [1.807, 2.05) is 36.4 Å². The third-order valence-corrected chi connectivity index (χ3v) is 4.92. The van der Waals surface area contributed by atoms with Crippen molar-refractivity contribution in [2.24, 2.45) is 5.10 Å². The number of hydrogen-bond acceptors (Lipinski definition) is 6. The van der Waals surface area contributed by atoms with Crippen LogP contribution in [-0.4, -0.2) is 22.2 Å². The molecule has 0 atom stereocenters. The number of nitro benzene ring substituents is 1. The maximum atomic E-state index is 12.0. The fraction of sp³-hybridized carbons (Fsp3) is 0. The summed E-state index contributed by atoms with van der Waals surface area (Å²) in [5.74, 6) is 0. The van der Waals surface area contributed by atoms with E-state index < -0.39 is 11.0 Å². The number of nitrogens with one attached hydrogen (secondary N) is 2.